The van der Waals surface area contributed by atoms with Gasteiger partial charge >= 0.3 is 1.43 Å². The van der Waals surface area contributed by atoms with Crippen LogP contribution >= 0.6 is 0 Å². The minimum atomic E-state index is 0. The van der Waals surface area contributed by atoms with Crippen LogP contribution in [0, 0.1) is 40.5 Å². The molecule has 0 bridgehead atoms. The molecule has 0 unspecified atom stereocenters. The summed E-state index contributed by atoms with van der Waals surface area (Å²) in [4.78, 5) is 32.0. The quantitative estimate of drug-likeness (QED) is 0.357. The van der Waals surface area contributed by atoms with E-state index in [-0.39, 0.29) is 21.8 Å². The van der Waals surface area contributed by atoms with Gasteiger partial charge < -0.3 is 40.5 Å². The van der Waals surface area contributed by atoms with Gasteiger partial charge in [-0.05, 0) is 0 Å². The molecular weight excluding hydrogens is 290 g/mol. The molecule has 0 fully saturated rings. The molecule has 0 aliphatic rings. The van der Waals surface area contributed by atoms with E-state index in [9.17, 15) is 0 Å². The molecule has 0 aromatic carbocycles. The van der Waals surface area contributed by atoms with Gasteiger partial charge in [0.2, 0.25) is 0 Å². The minimum absolute atomic E-state index is 0. The molecule has 0 aliphatic carbocycles. The summed E-state index contributed by atoms with van der Waals surface area (Å²) < 4.78 is 0. The Kier molecular flexibility index (Phi) is 400. The Morgan fingerprint density at radius 2 is 0.615 bits per heavy atom. The van der Waals surface area contributed by atoms with Crippen molar-refractivity contribution < 1.29 is 21.8 Å². The van der Waals surface area contributed by atoms with Crippen LogP contribution in [0.15, 0.2) is 21.4 Å². The van der Waals surface area contributed by atoms with Gasteiger partial charge in [0.05, 0.1) is 0 Å². The van der Waals surface area contributed by atoms with Crippen LogP contribution in [0.3, 0.4) is 0 Å². The van der Waals surface area contributed by atoms with Crippen LogP contribution in [-0.2, 0) is 20.4 Å². The molecule has 0 aliphatic heterocycles. The summed E-state index contributed by atoms with van der Waals surface area (Å²) >= 11 is 0. The van der Waals surface area contributed by atoms with Crippen LogP contribution < -0.4 is 0 Å². The Balaban J connectivity index is -0.0000000145. The topological polar surface area (TPSA) is 210 Å². The summed E-state index contributed by atoms with van der Waals surface area (Å²) in [6.07, 6.45) is 0. The summed E-state index contributed by atoms with van der Waals surface area (Å²) in [6.45, 7) is 0. The first kappa shape index (κ1) is 30.2. The largest absolute Gasteiger partial charge is 1.00 e. The zero-order chi connectivity index (χ0) is 10.8. The fourth-order valence-corrected chi connectivity index (χ4v) is 0. The molecule has 13 heteroatoms. The van der Waals surface area contributed by atoms with Gasteiger partial charge in [-0.25, -0.2) is 0 Å². The van der Waals surface area contributed by atoms with E-state index in [1.807, 2.05) is 0 Å². The Hall–Kier alpha value is -1.74. The predicted molar refractivity (Wildman–Crippen MR) is 37.8 cm³/mol. The monoisotopic (exact) mass is 291 g/mol. The van der Waals surface area contributed by atoms with Crippen molar-refractivity contribution in [3.8, 4) is 0 Å². The second-order valence-corrected chi connectivity index (χ2v) is 0.298. The van der Waals surface area contributed by atoms with Gasteiger partial charge in [-0.15, -0.1) is 21.4 Å². The molecule has 12 nitrogen and oxygen atoms in total. The second kappa shape index (κ2) is 172. The second-order valence-electron chi connectivity index (χ2n) is 0.298. The van der Waals surface area contributed by atoms with Gasteiger partial charge in [-0.3, -0.25) is 0 Å². The Labute approximate surface area is 84.4 Å². The minimum Gasteiger partial charge on any atom is -0.444 e. The molecule has 0 aromatic rings. The van der Waals surface area contributed by atoms with Crippen molar-refractivity contribution in [1.82, 2.24) is 0 Å². The molecule has 13 heavy (non-hydrogen) atoms. The standard InChI is InChI=1S/4HNO2.Pd/c4*2-1-3;/h4*(H,2,3);/p-3. The van der Waals surface area contributed by atoms with Crippen LogP contribution in [-0.4, -0.2) is 0 Å². The van der Waals surface area contributed by atoms with E-state index in [1.54, 1.807) is 0 Å². The third-order valence-electron chi connectivity index (χ3n) is 0. The summed E-state index contributed by atoms with van der Waals surface area (Å²) in [6, 6.07) is 0. The van der Waals surface area contributed by atoms with Crippen molar-refractivity contribution in [2.24, 2.45) is 21.4 Å². The summed E-state index contributed by atoms with van der Waals surface area (Å²) in [5.74, 6) is 0. The maximum atomic E-state index is 8.00. The first-order chi connectivity index (χ1) is 5.66. The fraction of sp³-hybridized carbons (Fsp3) is 0. The average molecular weight is 291 g/mol. The molecule has 0 rings (SSSR count). The van der Waals surface area contributed by atoms with Crippen LogP contribution in [0.4, 0.5) is 0 Å². The van der Waals surface area contributed by atoms with Crippen molar-refractivity contribution in [3.05, 3.63) is 40.5 Å². The number of nitrogens with zero attached hydrogens (tertiary/aromatic N) is 4. The SMILES string of the molecule is O=N[O-].O=N[O-].O=N[O-].O=N[O-].[H+].[Pd]. The fourth-order valence-electron chi connectivity index (χ4n) is 0. The summed E-state index contributed by atoms with van der Waals surface area (Å²) in [5, 5.41) is 36.0. The van der Waals surface area contributed by atoms with Gasteiger partial charge in [0.15, 0.2) is 0 Å². The van der Waals surface area contributed by atoms with Crippen molar-refractivity contribution in [2.45, 2.75) is 0 Å². The maximum Gasteiger partial charge on any atom is 1.00 e. The van der Waals surface area contributed by atoms with Crippen LogP contribution in [0.1, 0.15) is 1.43 Å². The Morgan fingerprint density at radius 1 is 0.615 bits per heavy atom. The number of rotatable bonds is 0. The Bertz CT molecular complexity index is 75.3. The van der Waals surface area contributed by atoms with Crippen molar-refractivity contribution >= 4 is 0 Å². The molecule has 0 N–H and O–H groups in total. The number of hydrogen-bond donors (Lipinski definition) is 0. The average Bonchev–Trinajstić information content (AvgIpc) is 1.92. The van der Waals surface area contributed by atoms with Crippen LogP contribution in [0.5, 0.6) is 0 Å². The van der Waals surface area contributed by atoms with E-state index in [2.05, 4.69) is 0 Å². The molecule has 0 heterocycles. The van der Waals surface area contributed by atoms with E-state index < -0.39 is 0 Å². The van der Waals surface area contributed by atoms with Crippen molar-refractivity contribution in [2.75, 3.05) is 0 Å². The first-order valence-electron chi connectivity index (χ1n) is 1.46. The van der Waals surface area contributed by atoms with E-state index in [0.29, 0.717) is 0 Å². The van der Waals surface area contributed by atoms with E-state index >= 15 is 0 Å². The molecule has 0 saturated carbocycles. The Morgan fingerprint density at radius 3 is 0.615 bits per heavy atom. The van der Waals surface area contributed by atoms with Gasteiger partial charge in [0.1, 0.15) is 0 Å². The molecule has 82 valence electrons. The van der Waals surface area contributed by atoms with Crippen molar-refractivity contribution in [1.29, 1.82) is 0 Å². The summed E-state index contributed by atoms with van der Waals surface area (Å²) in [5.41, 5.74) is 0. The summed E-state index contributed by atoms with van der Waals surface area (Å²) in [7, 11) is 0. The molecule has 0 aromatic heterocycles. The van der Waals surface area contributed by atoms with Gasteiger partial charge in [-0.2, -0.15) is 0 Å². The predicted octanol–water partition coefficient (Wildman–Crippen LogP) is 1.11. The maximum absolute atomic E-state index is 8.00. The van der Waals surface area contributed by atoms with Gasteiger partial charge in [0, 0.05) is 20.4 Å². The first-order valence-corrected chi connectivity index (χ1v) is 1.46. The molecule has 0 saturated heterocycles. The molecular formula is HN4O8Pd-3. The third-order valence-corrected chi connectivity index (χ3v) is 0. The zero-order valence-corrected chi connectivity index (χ0v) is 6.93. The van der Waals surface area contributed by atoms with Crippen LogP contribution in [0.25, 0.3) is 0 Å². The molecule has 0 spiro atoms. The van der Waals surface area contributed by atoms with E-state index in [4.69, 9.17) is 40.5 Å². The van der Waals surface area contributed by atoms with Gasteiger partial charge in [0.25, 0.3) is 0 Å². The zero-order valence-electron chi connectivity index (χ0n) is 6.37. The van der Waals surface area contributed by atoms with E-state index in [0.717, 1.165) is 21.4 Å². The number of hydrogen-bond acceptors (Lipinski definition) is 12. The molecule has 0 atom stereocenters. The third kappa shape index (κ3) is 232. The molecule has 0 amide bonds. The van der Waals surface area contributed by atoms with Crippen LogP contribution in [0.2, 0.25) is 0 Å². The van der Waals surface area contributed by atoms with E-state index in [1.165, 1.54) is 0 Å². The smallest absolute Gasteiger partial charge is 0.444 e. The van der Waals surface area contributed by atoms with Gasteiger partial charge in [-0.1, -0.05) is 0 Å². The normalized spacial score (nSPS) is 3.69. The van der Waals surface area contributed by atoms with Crippen molar-refractivity contribution in [3.63, 3.8) is 0 Å². The molecule has 0 radical (unpaired) electrons.